The maximum atomic E-state index is 10.2. The van der Waals surface area contributed by atoms with Crippen molar-refractivity contribution in [3.63, 3.8) is 0 Å². The fourth-order valence-electron chi connectivity index (χ4n) is 2.51. The summed E-state index contributed by atoms with van der Waals surface area (Å²) in [5.41, 5.74) is -0.288. The van der Waals surface area contributed by atoms with Crippen molar-refractivity contribution >= 4 is 0 Å². The van der Waals surface area contributed by atoms with Crippen LogP contribution in [0.15, 0.2) is 0 Å². The van der Waals surface area contributed by atoms with E-state index in [1.165, 1.54) is 19.3 Å². The summed E-state index contributed by atoms with van der Waals surface area (Å²) in [4.78, 5) is 0. The summed E-state index contributed by atoms with van der Waals surface area (Å²) >= 11 is 0. The van der Waals surface area contributed by atoms with Gasteiger partial charge < -0.3 is 10.4 Å². The number of hydrogen-bond acceptors (Lipinski definition) is 2. The Hall–Kier alpha value is -0.0800. The SMILES string of the molecule is OC1([C@@H]2CCNC2)CCCC1. The van der Waals surface area contributed by atoms with Crippen molar-refractivity contribution in [2.45, 2.75) is 37.7 Å². The van der Waals surface area contributed by atoms with Gasteiger partial charge in [-0.2, -0.15) is 0 Å². The molecule has 0 aromatic carbocycles. The van der Waals surface area contributed by atoms with Crippen molar-refractivity contribution in [2.24, 2.45) is 5.92 Å². The van der Waals surface area contributed by atoms with Crippen molar-refractivity contribution in [2.75, 3.05) is 13.1 Å². The highest BCUT2D eigenvalue weighted by Crippen LogP contribution is 2.38. The molecule has 1 atom stereocenters. The highest BCUT2D eigenvalue weighted by atomic mass is 16.3. The lowest BCUT2D eigenvalue weighted by atomic mass is 9.85. The van der Waals surface area contributed by atoms with Crippen molar-refractivity contribution in [1.29, 1.82) is 0 Å². The molecule has 2 N–H and O–H groups in total. The largest absolute Gasteiger partial charge is 0.390 e. The van der Waals surface area contributed by atoms with Crippen LogP contribution in [0.4, 0.5) is 0 Å². The molecule has 11 heavy (non-hydrogen) atoms. The standard InChI is InChI=1S/C9H17NO/c11-9(4-1-2-5-9)8-3-6-10-7-8/h8,10-11H,1-7H2/t8-/m1/s1. The summed E-state index contributed by atoms with van der Waals surface area (Å²) < 4.78 is 0. The van der Waals surface area contributed by atoms with Gasteiger partial charge in [0.05, 0.1) is 5.60 Å². The van der Waals surface area contributed by atoms with Crippen LogP contribution in [0, 0.1) is 5.92 Å². The summed E-state index contributed by atoms with van der Waals surface area (Å²) in [5, 5.41) is 13.5. The molecule has 2 heteroatoms. The van der Waals surface area contributed by atoms with Crippen LogP contribution in [0.2, 0.25) is 0 Å². The average Bonchev–Trinajstić information content (AvgIpc) is 2.55. The predicted octanol–water partition coefficient (Wildman–Crippen LogP) is 0.901. The molecule has 2 aliphatic rings. The second-order valence-electron chi connectivity index (χ2n) is 4.00. The molecule has 1 aliphatic heterocycles. The van der Waals surface area contributed by atoms with E-state index in [4.69, 9.17) is 0 Å². The summed E-state index contributed by atoms with van der Waals surface area (Å²) in [5.74, 6) is 0.546. The minimum atomic E-state index is -0.288. The molecule has 2 nitrogen and oxygen atoms in total. The first-order valence-corrected chi connectivity index (χ1v) is 4.74. The van der Waals surface area contributed by atoms with Gasteiger partial charge in [0.1, 0.15) is 0 Å². The Balaban J connectivity index is 2.00. The first-order chi connectivity index (χ1) is 5.31. The molecule has 0 radical (unpaired) electrons. The first kappa shape index (κ1) is 7.56. The van der Waals surface area contributed by atoms with Crippen molar-refractivity contribution < 1.29 is 5.11 Å². The third-order valence-electron chi connectivity index (χ3n) is 3.29. The van der Waals surface area contributed by atoms with E-state index in [0.717, 1.165) is 25.9 Å². The molecule has 2 rings (SSSR count). The number of nitrogens with one attached hydrogen (secondary N) is 1. The Morgan fingerprint density at radius 3 is 2.55 bits per heavy atom. The fourth-order valence-corrected chi connectivity index (χ4v) is 2.51. The normalized spacial score (nSPS) is 36.3. The molecule has 64 valence electrons. The molecule has 1 aliphatic carbocycles. The maximum absolute atomic E-state index is 10.2. The molecular weight excluding hydrogens is 138 g/mol. The van der Waals surface area contributed by atoms with Crippen molar-refractivity contribution in [1.82, 2.24) is 5.32 Å². The lowest BCUT2D eigenvalue weighted by molar-refractivity contribution is -0.00444. The molecule has 0 bridgehead atoms. The molecule has 0 spiro atoms. The van der Waals surface area contributed by atoms with E-state index in [-0.39, 0.29) is 5.60 Å². The summed E-state index contributed by atoms with van der Waals surface area (Å²) in [6.07, 6.45) is 5.72. The van der Waals surface area contributed by atoms with E-state index in [1.807, 2.05) is 0 Å². The van der Waals surface area contributed by atoms with Crippen LogP contribution in [0.5, 0.6) is 0 Å². The monoisotopic (exact) mass is 155 g/mol. The fraction of sp³-hybridized carbons (Fsp3) is 1.00. The molecule has 0 unspecified atom stereocenters. The second-order valence-corrected chi connectivity index (χ2v) is 4.00. The van der Waals surface area contributed by atoms with E-state index in [0.29, 0.717) is 5.92 Å². The zero-order valence-electron chi connectivity index (χ0n) is 6.97. The molecule has 1 saturated carbocycles. The molecule has 1 saturated heterocycles. The summed E-state index contributed by atoms with van der Waals surface area (Å²) in [7, 11) is 0. The third kappa shape index (κ3) is 1.30. The molecule has 0 aromatic rings. The van der Waals surface area contributed by atoms with Crippen LogP contribution in [-0.4, -0.2) is 23.8 Å². The third-order valence-corrected chi connectivity index (χ3v) is 3.29. The van der Waals surface area contributed by atoms with Crippen LogP contribution >= 0.6 is 0 Å². The maximum Gasteiger partial charge on any atom is 0.0688 e. The van der Waals surface area contributed by atoms with Gasteiger partial charge in [0.15, 0.2) is 0 Å². The molecule has 2 fully saturated rings. The molecule has 0 aromatic heterocycles. The van der Waals surface area contributed by atoms with E-state index >= 15 is 0 Å². The summed E-state index contributed by atoms with van der Waals surface area (Å²) in [6, 6.07) is 0. The van der Waals surface area contributed by atoms with Gasteiger partial charge in [0, 0.05) is 12.5 Å². The van der Waals surface area contributed by atoms with E-state index in [9.17, 15) is 5.11 Å². The van der Waals surface area contributed by atoms with Gasteiger partial charge >= 0.3 is 0 Å². The smallest absolute Gasteiger partial charge is 0.0688 e. The van der Waals surface area contributed by atoms with Crippen LogP contribution in [-0.2, 0) is 0 Å². The highest BCUT2D eigenvalue weighted by molar-refractivity contribution is 4.94. The van der Waals surface area contributed by atoms with Crippen molar-refractivity contribution in [3.05, 3.63) is 0 Å². The minimum absolute atomic E-state index is 0.288. The Morgan fingerprint density at radius 1 is 1.27 bits per heavy atom. The number of rotatable bonds is 1. The Morgan fingerprint density at radius 2 is 2.00 bits per heavy atom. The van der Waals surface area contributed by atoms with Gasteiger partial charge in [0.2, 0.25) is 0 Å². The van der Waals surface area contributed by atoms with Crippen LogP contribution < -0.4 is 5.32 Å². The van der Waals surface area contributed by atoms with E-state index < -0.39 is 0 Å². The van der Waals surface area contributed by atoms with Gasteiger partial charge in [-0.05, 0) is 25.8 Å². The average molecular weight is 155 g/mol. The molecular formula is C9H17NO. The van der Waals surface area contributed by atoms with Gasteiger partial charge in [0.25, 0.3) is 0 Å². The van der Waals surface area contributed by atoms with Gasteiger partial charge in [-0.1, -0.05) is 12.8 Å². The van der Waals surface area contributed by atoms with Gasteiger partial charge in [-0.15, -0.1) is 0 Å². The van der Waals surface area contributed by atoms with Crippen LogP contribution in [0.1, 0.15) is 32.1 Å². The Labute approximate surface area is 68.0 Å². The lowest BCUT2D eigenvalue weighted by Crippen LogP contribution is -2.35. The predicted molar refractivity (Wildman–Crippen MR) is 44.4 cm³/mol. The Kier molecular flexibility index (Phi) is 1.90. The topological polar surface area (TPSA) is 32.3 Å². The highest BCUT2D eigenvalue weighted by Gasteiger charge is 2.40. The van der Waals surface area contributed by atoms with Crippen LogP contribution in [0.3, 0.4) is 0 Å². The second kappa shape index (κ2) is 2.76. The van der Waals surface area contributed by atoms with E-state index in [2.05, 4.69) is 5.32 Å². The minimum Gasteiger partial charge on any atom is -0.390 e. The van der Waals surface area contributed by atoms with Gasteiger partial charge in [-0.3, -0.25) is 0 Å². The van der Waals surface area contributed by atoms with Gasteiger partial charge in [-0.25, -0.2) is 0 Å². The Bertz CT molecular complexity index is 134. The van der Waals surface area contributed by atoms with E-state index in [1.54, 1.807) is 0 Å². The molecule has 1 heterocycles. The van der Waals surface area contributed by atoms with Crippen LogP contribution in [0.25, 0.3) is 0 Å². The number of aliphatic hydroxyl groups is 1. The summed E-state index contributed by atoms with van der Waals surface area (Å²) in [6.45, 7) is 2.14. The zero-order chi connectivity index (χ0) is 7.73. The molecule has 0 amide bonds. The quantitative estimate of drug-likeness (QED) is 0.589. The first-order valence-electron chi connectivity index (χ1n) is 4.74. The van der Waals surface area contributed by atoms with Crippen molar-refractivity contribution in [3.8, 4) is 0 Å². The number of hydrogen-bond donors (Lipinski definition) is 2. The zero-order valence-corrected chi connectivity index (χ0v) is 6.97. The lowest BCUT2D eigenvalue weighted by Gasteiger charge is -2.28.